The number of ether oxygens (including phenoxy) is 1. The second kappa shape index (κ2) is 10.8. The number of rotatable bonds is 11. The summed E-state index contributed by atoms with van der Waals surface area (Å²) in [6.07, 6.45) is 3.60. The van der Waals surface area contributed by atoms with Gasteiger partial charge in [-0.3, -0.25) is 9.59 Å². The van der Waals surface area contributed by atoms with Crippen LogP contribution in [-0.2, 0) is 17.8 Å². The van der Waals surface area contributed by atoms with Gasteiger partial charge in [0.15, 0.2) is 0 Å². The topological polar surface area (TPSA) is 75.6 Å². The normalized spacial score (nSPS) is 13.8. The smallest absolute Gasteiger partial charge is 0.303 e. The maximum atomic E-state index is 13.4. The van der Waals surface area contributed by atoms with E-state index in [1.807, 2.05) is 78.9 Å². The third-order valence-electron chi connectivity index (χ3n) is 5.95. The summed E-state index contributed by atoms with van der Waals surface area (Å²) in [6, 6.07) is 25.1. The Kier molecular flexibility index (Phi) is 7.40. The van der Waals surface area contributed by atoms with Gasteiger partial charge in [0.05, 0.1) is 6.04 Å². The third kappa shape index (κ3) is 6.69. The summed E-state index contributed by atoms with van der Waals surface area (Å²) in [6.45, 7) is 0.327. The summed E-state index contributed by atoms with van der Waals surface area (Å²) in [5.74, 6) is 0.347. The second-order valence-electron chi connectivity index (χ2n) is 8.60. The highest BCUT2D eigenvalue weighted by atomic mass is 16.5. The molecule has 1 atom stereocenters. The van der Waals surface area contributed by atoms with Gasteiger partial charge in [-0.25, -0.2) is 0 Å². The lowest BCUT2D eigenvalue weighted by Gasteiger charge is -2.21. The van der Waals surface area contributed by atoms with Crippen molar-refractivity contribution in [2.45, 2.75) is 44.8 Å². The third-order valence-corrected chi connectivity index (χ3v) is 5.95. The van der Waals surface area contributed by atoms with E-state index in [9.17, 15) is 9.59 Å². The van der Waals surface area contributed by atoms with Crippen LogP contribution in [0.1, 0.15) is 58.8 Å². The molecule has 5 nitrogen and oxygen atoms in total. The highest BCUT2D eigenvalue weighted by Crippen LogP contribution is 2.37. The molecule has 5 heteroatoms. The van der Waals surface area contributed by atoms with Crippen LogP contribution in [0.3, 0.4) is 0 Å². The van der Waals surface area contributed by atoms with Gasteiger partial charge in [0, 0.05) is 12.0 Å². The highest BCUT2D eigenvalue weighted by Gasteiger charge is 2.28. The Bertz CT molecular complexity index is 1080. The van der Waals surface area contributed by atoms with Gasteiger partial charge in [0.25, 0.3) is 5.91 Å². The quantitative estimate of drug-likeness (QED) is 0.407. The second-order valence-corrected chi connectivity index (χ2v) is 8.60. The fraction of sp³-hybridized carbons (Fsp3) is 0.286. The first kappa shape index (κ1) is 22.6. The van der Waals surface area contributed by atoms with Crippen LogP contribution in [0.15, 0.2) is 78.9 Å². The zero-order valence-corrected chi connectivity index (χ0v) is 18.6. The molecule has 33 heavy (non-hydrogen) atoms. The molecule has 2 N–H and O–H groups in total. The SMILES string of the molecule is O=C(O)CCc1ccc(COc2ccccc2)cc1C(=O)NC(CC1CC1)c1ccccc1. The van der Waals surface area contributed by atoms with Gasteiger partial charge in [-0.2, -0.15) is 0 Å². The number of carboxylic acid groups (broad SMARTS) is 1. The van der Waals surface area contributed by atoms with E-state index < -0.39 is 5.97 Å². The van der Waals surface area contributed by atoms with Crippen molar-refractivity contribution >= 4 is 11.9 Å². The Balaban J connectivity index is 1.54. The molecule has 170 valence electrons. The Hall–Kier alpha value is -3.60. The number of carbonyl (C=O) groups excluding carboxylic acids is 1. The molecule has 4 rings (SSSR count). The molecule has 0 aromatic heterocycles. The number of hydrogen-bond acceptors (Lipinski definition) is 3. The summed E-state index contributed by atoms with van der Waals surface area (Å²) in [4.78, 5) is 24.6. The zero-order chi connectivity index (χ0) is 23.0. The van der Waals surface area contributed by atoms with E-state index in [4.69, 9.17) is 9.84 Å². The minimum Gasteiger partial charge on any atom is -0.489 e. The molecule has 0 bridgehead atoms. The number of carbonyl (C=O) groups is 2. The summed E-state index contributed by atoms with van der Waals surface area (Å²) in [5, 5.41) is 12.4. The fourth-order valence-electron chi connectivity index (χ4n) is 3.95. The van der Waals surface area contributed by atoms with Crippen LogP contribution in [0.2, 0.25) is 0 Å². The Morgan fingerprint density at radius 3 is 2.33 bits per heavy atom. The van der Waals surface area contributed by atoms with Gasteiger partial charge in [-0.15, -0.1) is 0 Å². The first-order valence-electron chi connectivity index (χ1n) is 11.5. The Morgan fingerprint density at radius 2 is 1.67 bits per heavy atom. The molecule has 1 aliphatic rings. The molecule has 0 heterocycles. The van der Waals surface area contributed by atoms with E-state index in [2.05, 4.69) is 5.32 Å². The highest BCUT2D eigenvalue weighted by molar-refractivity contribution is 5.96. The van der Waals surface area contributed by atoms with Crippen LogP contribution in [0, 0.1) is 5.92 Å². The average molecular weight is 444 g/mol. The van der Waals surface area contributed by atoms with E-state index in [0.29, 0.717) is 24.5 Å². The van der Waals surface area contributed by atoms with Crippen LogP contribution >= 0.6 is 0 Å². The number of nitrogens with one attached hydrogen (secondary N) is 1. The number of aryl methyl sites for hydroxylation is 1. The van der Waals surface area contributed by atoms with E-state index in [1.165, 1.54) is 12.8 Å². The van der Waals surface area contributed by atoms with Crippen LogP contribution < -0.4 is 10.1 Å². The molecule has 1 aliphatic carbocycles. The standard InChI is InChI=1S/C28H29NO4/c30-27(31)16-15-22-14-13-21(19-33-24-9-5-2-6-10-24)17-25(22)28(32)29-26(18-20-11-12-20)23-7-3-1-4-8-23/h1-10,13-14,17,20,26H,11-12,15-16,18-19H2,(H,29,32)(H,30,31). The number of benzene rings is 3. The van der Waals surface area contributed by atoms with Gasteiger partial charge in [0.1, 0.15) is 12.4 Å². The lowest BCUT2D eigenvalue weighted by molar-refractivity contribution is -0.136. The van der Waals surface area contributed by atoms with Crippen LogP contribution in [0.4, 0.5) is 0 Å². The first-order valence-corrected chi connectivity index (χ1v) is 11.5. The minimum absolute atomic E-state index is 0.0235. The number of amides is 1. The molecule has 1 unspecified atom stereocenters. The van der Waals surface area contributed by atoms with Crippen LogP contribution in [0.5, 0.6) is 5.75 Å². The maximum Gasteiger partial charge on any atom is 0.303 e. The monoisotopic (exact) mass is 443 g/mol. The summed E-state index contributed by atoms with van der Waals surface area (Å²) >= 11 is 0. The largest absolute Gasteiger partial charge is 0.489 e. The molecule has 0 saturated heterocycles. The van der Waals surface area contributed by atoms with E-state index in [1.54, 1.807) is 0 Å². The number of aliphatic carboxylic acids is 1. The Morgan fingerprint density at radius 1 is 0.970 bits per heavy atom. The first-order chi connectivity index (χ1) is 16.1. The number of para-hydroxylation sites is 1. The van der Waals surface area contributed by atoms with Gasteiger partial charge in [-0.05, 0) is 53.6 Å². The minimum atomic E-state index is -0.881. The predicted octanol–water partition coefficient (Wildman–Crippen LogP) is 5.55. The molecule has 1 amide bonds. The lowest BCUT2D eigenvalue weighted by atomic mass is 9.97. The molecule has 0 spiro atoms. The maximum absolute atomic E-state index is 13.4. The average Bonchev–Trinajstić information content (AvgIpc) is 3.66. The van der Waals surface area contributed by atoms with Crippen LogP contribution in [-0.4, -0.2) is 17.0 Å². The van der Waals surface area contributed by atoms with Crippen LogP contribution in [0.25, 0.3) is 0 Å². The van der Waals surface area contributed by atoms with Crippen molar-refractivity contribution < 1.29 is 19.4 Å². The van der Waals surface area contributed by atoms with Crippen molar-refractivity contribution in [2.75, 3.05) is 0 Å². The van der Waals surface area contributed by atoms with Crippen molar-refractivity contribution in [3.05, 3.63) is 101 Å². The van der Waals surface area contributed by atoms with Crippen molar-refractivity contribution in [1.29, 1.82) is 0 Å². The van der Waals surface area contributed by atoms with Crippen molar-refractivity contribution in [2.24, 2.45) is 5.92 Å². The van der Waals surface area contributed by atoms with E-state index in [0.717, 1.165) is 28.9 Å². The Labute approximate surface area is 194 Å². The summed E-state index contributed by atoms with van der Waals surface area (Å²) < 4.78 is 5.85. The molecule has 3 aromatic rings. The molecule has 3 aromatic carbocycles. The molecule has 0 radical (unpaired) electrons. The van der Waals surface area contributed by atoms with Crippen molar-refractivity contribution in [1.82, 2.24) is 5.32 Å². The van der Waals surface area contributed by atoms with Gasteiger partial charge in [0.2, 0.25) is 0 Å². The van der Waals surface area contributed by atoms with Gasteiger partial charge >= 0.3 is 5.97 Å². The molecule has 0 aliphatic heterocycles. The van der Waals surface area contributed by atoms with Crippen molar-refractivity contribution in [3.8, 4) is 5.75 Å². The number of hydrogen-bond donors (Lipinski definition) is 2. The fourth-order valence-corrected chi connectivity index (χ4v) is 3.95. The lowest BCUT2D eigenvalue weighted by Crippen LogP contribution is -2.30. The molecular formula is C28H29NO4. The van der Waals surface area contributed by atoms with E-state index in [-0.39, 0.29) is 18.4 Å². The molecule has 1 saturated carbocycles. The van der Waals surface area contributed by atoms with Crippen molar-refractivity contribution in [3.63, 3.8) is 0 Å². The molecule has 1 fully saturated rings. The van der Waals surface area contributed by atoms with Gasteiger partial charge in [-0.1, -0.05) is 73.5 Å². The zero-order valence-electron chi connectivity index (χ0n) is 18.6. The van der Waals surface area contributed by atoms with E-state index >= 15 is 0 Å². The predicted molar refractivity (Wildman–Crippen MR) is 127 cm³/mol. The summed E-state index contributed by atoms with van der Waals surface area (Å²) in [5.41, 5.74) is 3.20. The van der Waals surface area contributed by atoms with Gasteiger partial charge < -0.3 is 15.2 Å². The molecular weight excluding hydrogens is 414 g/mol. The summed E-state index contributed by atoms with van der Waals surface area (Å²) in [7, 11) is 0. The number of carboxylic acids is 1.